The van der Waals surface area contributed by atoms with Crippen LogP contribution >= 0.6 is 0 Å². The van der Waals surface area contributed by atoms with E-state index in [2.05, 4.69) is 24.2 Å². The largest absolute Gasteiger partial charge is 0.468 e. The Morgan fingerprint density at radius 1 is 1.57 bits per heavy atom. The van der Waals surface area contributed by atoms with Gasteiger partial charge in [-0.1, -0.05) is 6.92 Å². The highest BCUT2D eigenvalue weighted by atomic mass is 16.3. The summed E-state index contributed by atoms with van der Waals surface area (Å²) in [5.74, 6) is 1.70. The summed E-state index contributed by atoms with van der Waals surface area (Å²) in [6.07, 6.45) is 1.72. The van der Waals surface area contributed by atoms with Gasteiger partial charge in [0.25, 0.3) is 0 Å². The molecular formula is C11H20N2O. The van der Waals surface area contributed by atoms with Crippen LogP contribution in [0, 0.1) is 5.92 Å². The van der Waals surface area contributed by atoms with Gasteiger partial charge in [0.2, 0.25) is 0 Å². The summed E-state index contributed by atoms with van der Waals surface area (Å²) in [7, 11) is 4.11. The molecule has 1 rings (SSSR count). The monoisotopic (exact) mass is 196 g/mol. The zero-order valence-corrected chi connectivity index (χ0v) is 9.29. The maximum absolute atomic E-state index is 5.29. The number of nitrogens with zero attached hydrogens (tertiary/aromatic N) is 1. The minimum Gasteiger partial charge on any atom is -0.468 e. The van der Waals surface area contributed by atoms with Crippen molar-refractivity contribution in [3.05, 3.63) is 24.2 Å². The van der Waals surface area contributed by atoms with Gasteiger partial charge in [0.1, 0.15) is 5.76 Å². The fourth-order valence-corrected chi connectivity index (χ4v) is 1.68. The molecule has 0 saturated carbocycles. The van der Waals surface area contributed by atoms with Gasteiger partial charge in [-0.05, 0) is 38.7 Å². The van der Waals surface area contributed by atoms with Gasteiger partial charge < -0.3 is 9.73 Å². The second kappa shape index (κ2) is 5.83. The summed E-state index contributed by atoms with van der Waals surface area (Å²) in [6.45, 7) is 5.28. The molecule has 0 saturated heterocycles. The van der Waals surface area contributed by atoms with Crippen LogP contribution < -0.4 is 5.32 Å². The fourth-order valence-electron chi connectivity index (χ4n) is 1.68. The van der Waals surface area contributed by atoms with E-state index in [-0.39, 0.29) is 0 Å². The van der Waals surface area contributed by atoms with Crippen molar-refractivity contribution in [2.75, 3.05) is 27.2 Å². The van der Waals surface area contributed by atoms with Crippen molar-refractivity contribution in [2.24, 2.45) is 5.92 Å². The molecule has 1 aromatic heterocycles. The summed E-state index contributed by atoms with van der Waals surface area (Å²) in [5.41, 5.74) is 0. The molecule has 0 radical (unpaired) electrons. The molecule has 0 bridgehead atoms. The van der Waals surface area contributed by atoms with E-state index in [1.165, 1.54) is 0 Å². The molecule has 0 aliphatic heterocycles. The van der Waals surface area contributed by atoms with Crippen LogP contribution in [-0.4, -0.2) is 32.1 Å². The number of rotatable bonds is 6. The van der Waals surface area contributed by atoms with E-state index >= 15 is 0 Å². The van der Waals surface area contributed by atoms with Gasteiger partial charge in [0, 0.05) is 6.54 Å². The Bertz CT molecular complexity index is 233. The molecule has 80 valence electrons. The molecule has 3 nitrogen and oxygen atoms in total. The van der Waals surface area contributed by atoms with E-state index in [9.17, 15) is 0 Å². The number of nitrogens with one attached hydrogen (secondary N) is 1. The zero-order valence-electron chi connectivity index (χ0n) is 9.29. The molecule has 0 spiro atoms. The molecule has 1 atom stereocenters. The molecule has 0 aliphatic carbocycles. The average molecular weight is 196 g/mol. The van der Waals surface area contributed by atoms with E-state index in [1.54, 1.807) is 6.26 Å². The number of hydrogen-bond donors (Lipinski definition) is 1. The Balaban J connectivity index is 2.25. The van der Waals surface area contributed by atoms with Gasteiger partial charge in [-0.15, -0.1) is 0 Å². The molecule has 3 heteroatoms. The van der Waals surface area contributed by atoms with Crippen LogP contribution in [-0.2, 0) is 6.54 Å². The minimum atomic E-state index is 0.667. The minimum absolute atomic E-state index is 0.667. The Kier molecular flexibility index (Phi) is 4.70. The molecule has 1 heterocycles. The van der Waals surface area contributed by atoms with Gasteiger partial charge in [0.05, 0.1) is 12.8 Å². The van der Waals surface area contributed by atoms with Gasteiger partial charge in [-0.3, -0.25) is 4.90 Å². The van der Waals surface area contributed by atoms with Crippen molar-refractivity contribution in [2.45, 2.75) is 13.5 Å². The highest BCUT2D eigenvalue weighted by molar-refractivity contribution is 4.97. The lowest BCUT2D eigenvalue weighted by Crippen LogP contribution is -2.29. The third-order valence-electron chi connectivity index (χ3n) is 2.18. The highest BCUT2D eigenvalue weighted by Gasteiger charge is 2.06. The summed E-state index contributed by atoms with van der Waals surface area (Å²) in [5, 5.41) is 3.18. The lowest BCUT2D eigenvalue weighted by Gasteiger charge is -2.19. The third-order valence-corrected chi connectivity index (χ3v) is 2.18. The maximum Gasteiger partial charge on any atom is 0.117 e. The number of hydrogen-bond acceptors (Lipinski definition) is 3. The second-order valence-corrected chi connectivity index (χ2v) is 3.94. The van der Waals surface area contributed by atoms with Crippen LogP contribution in [0.1, 0.15) is 12.7 Å². The SMILES string of the molecule is CNCC(C)CN(C)Cc1ccco1. The van der Waals surface area contributed by atoms with E-state index in [1.807, 2.05) is 19.2 Å². The Morgan fingerprint density at radius 2 is 2.36 bits per heavy atom. The van der Waals surface area contributed by atoms with Gasteiger partial charge in [0.15, 0.2) is 0 Å². The van der Waals surface area contributed by atoms with Gasteiger partial charge in [-0.2, -0.15) is 0 Å². The summed E-state index contributed by atoms with van der Waals surface area (Å²) in [4.78, 5) is 2.28. The second-order valence-electron chi connectivity index (χ2n) is 3.94. The predicted molar refractivity (Wildman–Crippen MR) is 58.1 cm³/mol. The van der Waals surface area contributed by atoms with Crippen LogP contribution in [0.2, 0.25) is 0 Å². The predicted octanol–water partition coefficient (Wildman–Crippen LogP) is 1.57. The average Bonchev–Trinajstić information content (AvgIpc) is 2.56. The first-order valence-corrected chi connectivity index (χ1v) is 5.08. The summed E-state index contributed by atoms with van der Waals surface area (Å²) < 4.78 is 5.29. The first kappa shape index (κ1) is 11.3. The molecule has 0 amide bonds. The van der Waals surface area contributed by atoms with Crippen LogP contribution in [0.15, 0.2) is 22.8 Å². The summed E-state index contributed by atoms with van der Waals surface area (Å²) >= 11 is 0. The molecule has 1 unspecified atom stereocenters. The topological polar surface area (TPSA) is 28.4 Å². The Labute approximate surface area is 86.1 Å². The molecule has 0 aliphatic rings. The van der Waals surface area contributed by atoms with E-state index < -0.39 is 0 Å². The number of furan rings is 1. The molecule has 0 aromatic carbocycles. The Morgan fingerprint density at radius 3 is 2.93 bits per heavy atom. The van der Waals surface area contributed by atoms with Crippen LogP contribution in [0.4, 0.5) is 0 Å². The third kappa shape index (κ3) is 3.94. The van der Waals surface area contributed by atoms with E-state index in [0.717, 1.165) is 25.4 Å². The van der Waals surface area contributed by atoms with Crippen molar-refractivity contribution in [3.8, 4) is 0 Å². The van der Waals surface area contributed by atoms with Crippen LogP contribution in [0.25, 0.3) is 0 Å². The summed E-state index contributed by atoms with van der Waals surface area (Å²) in [6, 6.07) is 3.94. The smallest absolute Gasteiger partial charge is 0.117 e. The standard InChI is InChI=1S/C11H20N2O/c1-10(7-12-2)8-13(3)9-11-5-4-6-14-11/h4-6,10,12H,7-9H2,1-3H3. The first-order chi connectivity index (χ1) is 6.72. The van der Waals surface area contributed by atoms with Crippen molar-refractivity contribution in [3.63, 3.8) is 0 Å². The van der Waals surface area contributed by atoms with Crippen molar-refractivity contribution in [1.29, 1.82) is 0 Å². The molecule has 1 N–H and O–H groups in total. The normalized spacial score (nSPS) is 13.4. The Hall–Kier alpha value is -0.800. The maximum atomic E-state index is 5.29. The van der Waals surface area contributed by atoms with E-state index in [0.29, 0.717) is 5.92 Å². The first-order valence-electron chi connectivity index (χ1n) is 5.08. The van der Waals surface area contributed by atoms with Crippen molar-refractivity contribution in [1.82, 2.24) is 10.2 Å². The van der Waals surface area contributed by atoms with Gasteiger partial charge in [-0.25, -0.2) is 0 Å². The fraction of sp³-hybridized carbons (Fsp3) is 0.636. The van der Waals surface area contributed by atoms with E-state index in [4.69, 9.17) is 4.42 Å². The molecule has 1 aromatic rings. The molecule has 14 heavy (non-hydrogen) atoms. The van der Waals surface area contributed by atoms with Crippen LogP contribution in [0.3, 0.4) is 0 Å². The van der Waals surface area contributed by atoms with Crippen molar-refractivity contribution >= 4 is 0 Å². The van der Waals surface area contributed by atoms with Crippen LogP contribution in [0.5, 0.6) is 0 Å². The quantitative estimate of drug-likeness (QED) is 0.748. The lowest BCUT2D eigenvalue weighted by molar-refractivity contribution is 0.255. The zero-order chi connectivity index (χ0) is 10.4. The van der Waals surface area contributed by atoms with Gasteiger partial charge >= 0.3 is 0 Å². The molecular weight excluding hydrogens is 176 g/mol. The van der Waals surface area contributed by atoms with Crippen molar-refractivity contribution < 1.29 is 4.42 Å². The highest BCUT2D eigenvalue weighted by Crippen LogP contribution is 2.05. The molecule has 0 fully saturated rings. The lowest BCUT2D eigenvalue weighted by atomic mass is 10.1.